The smallest absolute Gasteiger partial charge is 0.236 e. The van der Waals surface area contributed by atoms with Crippen LogP contribution in [0.15, 0.2) is 18.2 Å². The van der Waals surface area contributed by atoms with Crippen molar-refractivity contribution in [2.75, 3.05) is 20.3 Å². The number of rotatable bonds is 7. The molecule has 2 unspecified atom stereocenters. The molecule has 20 heavy (non-hydrogen) atoms. The van der Waals surface area contributed by atoms with E-state index in [1.54, 1.807) is 20.1 Å². The van der Waals surface area contributed by atoms with E-state index in [0.29, 0.717) is 13.2 Å². The van der Waals surface area contributed by atoms with Gasteiger partial charge in [0.25, 0.3) is 0 Å². The van der Waals surface area contributed by atoms with E-state index < -0.39 is 5.82 Å². The number of hydrogen-bond acceptors (Lipinski definition) is 3. The number of benzene rings is 1. The third-order valence-electron chi connectivity index (χ3n) is 2.94. The zero-order valence-corrected chi connectivity index (χ0v) is 12.6. The summed E-state index contributed by atoms with van der Waals surface area (Å²) in [6.07, 6.45) is 0. The van der Waals surface area contributed by atoms with E-state index >= 15 is 0 Å². The van der Waals surface area contributed by atoms with Crippen LogP contribution in [0, 0.1) is 5.82 Å². The Balaban J connectivity index is 2.53. The van der Waals surface area contributed by atoms with Gasteiger partial charge in [-0.2, -0.15) is 0 Å². The van der Waals surface area contributed by atoms with Gasteiger partial charge in [0.2, 0.25) is 5.91 Å². The van der Waals surface area contributed by atoms with Gasteiger partial charge >= 0.3 is 0 Å². The molecule has 1 amide bonds. The van der Waals surface area contributed by atoms with E-state index in [1.165, 1.54) is 12.1 Å². The number of nitrogens with one attached hydrogen (secondary N) is 2. The molecule has 1 aromatic rings. The van der Waals surface area contributed by atoms with E-state index in [2.05, 4.69) is 10.6 Å². The first kappa shape index (κ1) is 16.9. The Hall–Kier alpha value is -1.17. The number of methoxy groups -OCH3 is 1. The molecule has 1 rings (SSSR count). The van der Waals surface area contributed by atoms with Crippen molar-refractivity contribution in [3.8, 4) is 0 Å². The van der Waals surface area contributed by atoms with Gasteiger partial charge in [-0.3, -0.25) is 10.1 Å². The summed E-state index contributed by atoms with van der Waals surface area (Å²) < 4.78 is 18.2. The van der Waals surface area contributed by atoms with Crippen LogP contribution in [0.1, 0.15) is 25.5 Å². The summed E-state index contributed by atoms with van der Waals surface area (Å²) >= 11 is 5.64. The zero-order chi connectivity index (χ0) is 15.1. The largest absolute Gasteiger partial charge is 0.383 e. The number of hydrogen-bond donors (Lipinski definition) is 2. The molecule has 0 aliphatic heterocycles. The molecule has 0 spiro atoms. The van der Waals surface area contributed by atoms with Gasteiger partial charge in [-0.1, -0.05) is 17.7 Å². The lowest BCUT2D eigenvalue weighted by molar-refractivity contribution is -0.123. The maximum atomic E-state index is 13.4. The van der Waals surface area contributed by atoms with Gasteiger partial charge in [0.15, 0.2) is 0 Å². The molecule has 0 heterocycles. The Morgan fingerprint density at radius 3 is 2.75 bits per heavy atom. The molecular weight excluding hydrogens is 283 g/mol. The molecule has 0 aromatic heterocycles. The van der Waals surface area contributed by atoms with E-state index in [4.69, 9.17) is 16.3 Å². The van der Waals surface area contributed by atoms with Crippen molar-refractivity contribution >= 4 is 17.5 Å². The first-order valence-corrected chi connectivity index (χ1v) is 6.81. The minimum Gasteiger partial charge on any atom is -0.383 e. The summed E-state index contributed by atoms with van der Waals surface area (Å²) in [5.41, 5.74) is 0.739. The van der Waals surface area contributed by atoms with Crippen molar-refractivity contribution in [1.82, 2.24) is 10.6 Å². The SMILES string of the molecule is COCCNC(=O)C(C)NC(C)c1ccc(Cl)c(F)c1. The quantitative estimate of drug-likeness (QED) is 0.760. The van der Waals surface area contributed by atoms with Crippen LogP contribution in [0.3, 0.4) is 0 Å². The van der Waals surface area contributed by atoms with Gasteiger partial charge in [0, 0.05) is 19.7 Å². The highest BCUT2D eigenvalue weighted by atomic mass is 35.5. The van der Waals surface area contributed by atoms with Crippen molar-refractivity contribution < 1.29 is 13.9 Å². The minimum atomic E-state index is -0.463. The summed E-state index contributed by atoms with van der Waals surface area (Å²) in [7, 11) is 1.57. The molecular formula is C14H20ClFN2O2. The molecule has 112 valence electrons. The Bertz CT molecular complexity index is 457. The molecule has 0 aliphatic carbocycles. The number of ether oxygens (including phenoxy) is 1. The molecule has 0 radical (unpaired) electrons. The zero-order valence-electron chi connectivity index (χ0n) is 11.9. The highest BCUT2D eigenvalue weighted by Gasteiger charge is 2.16. The maximum absolute atomic E-state index is 13.4. The number of carbonyl (C=O) groups excluding carboxylic acids is 1. The second-order valence-corrected chi connectivity index (χ2v) is 4.97. The van der Waals surface area contributed by atoms with Gasteiger partial charge in [-0.05, 0) is 31.5 Å². The van der Waals surface area contributed by atoms with Crippen LogP contribution in [0.4, 0.5) is 4.39 Å². The van der Waals surface area contributed by atoms with E-state index in [1.807, 2.05) is 6.92 Å². The average Bonchev–Trinajstić information content (AvgIpc) is 2.41. The average molecular weight is 303 g/mol. The lowest BCUT2D eigenvalue weighted by Gasteiger charge is -2.20. The highest BCUT2D eigenvalue weighted by molar-refractivity contribution is 6.30. The van der Waals surface area contributed by atoms with Crippen molar-refractivity contribution in [1.29, 1.82) is 0 Å². The Morgan fingerprint density at radius 2 is 2.15 bits per heavy atom. The van der Waals surface area contributed by atoms with E-state index in [-0.39, 0.29) is 23.0 Å². The Kier molecular flexibility index (Phi) is 6.91. The summed E-state index contributed by atoms with van der Waals surface area (Å²) in [4.78, 5) is 11.8. The molecule has 0 saturated heterocycles. The molecule has 0 saturated carbocycles. The molecule has 6 heteroatoms. The molecule has 0 fully saturated rings. The minimum absolute atomic E-state index is 0.0892. The van der Waals surface area contributed by atoms with Crippen molar-refractivity contribution in [3.63, 3.8) is 0 Å². The van der Waals surface area contributed by atoms with Crippen LogP contribution in [0.2, 0.25) is 5.02 Å². The number of carbonyl (C=O) groups is 1. The van der Waals surface area contributed by atoms with Crippen molar-refractivity contribution in [2.45, 2.75) is 25.9 Å². The van der Waals surface area contributed by atoms with Gasteiger partial charge < -0.3 is 10.1 Å². The van der Waals surface area contributed by atoms with Gasteiger partial charge in [0.1, 0.15) is 5.82 Å². The first-order chi connectivity index (χ1) is 9.45. The number of amides is 1. The summed E-state index contributed by atoms with van der Waals surface area (Å²) in [6.45, 7) is 4.55. The standard InChI is InChI=1S/C14H20ClFN2O2/c1-9(11-4-5-12(15)13(16)8-11)18-10(2)14(19)17-6-7-20-3/h4-5,8-10,18H,6-7H2,1-3H3,(H,17,19). The van der Waals surface area contributed by atoms with E-state index in [0.717, 1.165) is 5.56 Å². The molecule has 0 aliphatic rings. The topological polar surface area (TPSA) is 50.4 Å². The van der Waals surface area contributed by atoms with Crippen molar-refractivity contribution in [2.24, 2.45) is 0 Å². The molecule has 1 aromatic carbocycles. The van der Waals surface area contributed by atoms with Crippen LogP contribution in [0.5, 0.6) is 0 Å². The molecule has 2 N–H and O–H groups in total. The maximum Gasteiger partial charge on any atom is 0.236 e. The third-order valence-corrected chi connectivity index (χ3v) is 3.25. The predicted molar refractivity (Wildman–Crippen MR) is 77.3 cm³/mol. The predicted octanol–water partition coefficient (Wildman–Crippen LogP) is 2.28. The van der Waals surface area contributed by atoms with Crippen LogP contribution in [-0.4, -0.2) is 32.2 Å². The molecule has 2 atom stereocenters. The monoisotopic (exact) mass is 302 g/mol. The van der Waals surface area contributed by atoms with Crippen LogP contribution in [-0.2, 0) is 9.53 Å². The fraction of sp³-hybridized carbons (Fsp3) is 0.500. The van der Waals surface area contributed by atoms with Crippen molar-refractivity contribution in [3.05, 3.63) is 34.6 Å². The normalized spacial score (nSPS) is 13.8. The molecule has 4 nitrogen and oxygen atoms in total. The lowest BCUT2D eigenvalue weighted by atomic mass is 10.1. The second kappa shape index (κ2) is 8.19. The van der Waals surface area contributed by atoms with Crippen LogP contribution < -0.4 is 10.6 Å². The first-order valence-electron chi connectivity index (χ1n) is 6.43. The summed E-state index contributed by atoms with van der Waals surface area (Å²) in [6, 6.07) is 4.06. The Labute approximate surface area is 123 Å². The highest BCUT2D eigenvalue weighted by Crippen LogP contribution is 2.20. The lowest BCUT2D eigenvalue weighted by Crippen LogP contribution is -2.44. The Morgan fingerprint density at radius 1 is 1.45 bits per heavy atom. The van der Waals surface area contributed by atoms with Gasteiger partial charge in [-0.15, -0.1) is 0 Å². The van der Waals surface area contributed by atoms with E-state index in [9.17, 15) is 9.18 Å². The second-order valence-electron chi connectivity index (χ2n) is 4.57. The van der Waals surface area contributed by atoms with Crippen LogP contribution >= 0.6 is 11.6 Å². The third kappa shape index (κ3) is 5.07. The fourth-order valence-electron chi connectivity index (χ4n) is 1.76. The van der Waals surface area contributed by atoms with Crippen LogP contribution in [0.25, 0.3) is 0 Å². The van der Waals surface area contributed by atoms with Gasteiger partial charge in [0.05, 0.1) is 17.7 Å². The summed E-state index contributed by atoms with van der Waals surface area (Å²) in [5, 5.41) is 5.94. The summed E-state index contributed by atoms with van der Waals surface area (Å²) in [5.74, 6) is -0.585. The molecule has 0 bridgehead atoms. The number of halogens is 2. The van der Waals surface area contributed by atoms with Gasteiger partial charge in [-0.25, -0.2) is 4.39 Å². The fourth-order valence-corrected chi connectivity index (χ4v) is 1.88.